The van der Waals surface area contributed by atoms with Crippen molar-refractivity contribution >= 4 is 5.97 Å². The summed E-state index contributed by atoms with van der Waals surface area (Å²) in [5, 5.41) is 12.9. The number of carbonyl (C=O) groups is 1. The van der Waals surface area contributed by atoms with Crippen LogP contribution in [0, 0.1) is 5.92 Å². The van der Waals surface area contributed by atoms with E-state index in [2.05, 4.69) is 31.0 Å². The van der Waals surface area contributed by atoms with Crippen LogP contribution in [0.5, 0.6) is 0 Å². The molecule has 1 rings (SSSR count). The van der Waals surface area contributed by atoms with Gasteiger partial charge in [-0.2, -0.15) is 0 Å². The van der Waals surface area contributed by atoms with Crippen molar-refractivity contribution in [3.63, 3.8) is 0 Å². The first-order valence-electron chi connectivity index (χ1n) is 7.24. The lowest BCUT2D eigenvalue weighted by Gasteiger charge is -2.38. The van der Waals surface area contributed by atoms with E-state index in [4.69, 9.17) is 0 Å². The monoisotopic (exact) mass is 256 g/mol. The van der Waals surface area contributed by atoms with Crippen molar-refractivity contribution in [3.8, 4) is 0 Å². The van der Waals surface area contributed by atoms with Gasteiger partial charge in [0.1, 0.15) is 5.54 Å². The zero-order chi connectivity index (χ0) is 13.8. The maximum atomic E-state index is 11.8. The molecule has 0 aromatic rings. The number of likely N-dealkylation sites (N-methyl/N-ethyl adjacent to an activating group) is 2. The van der Waals surface area contributed by atoms with Crippen LogP contribution in [-0.4, -0.2) is 47.2 Å². The van der Waals surface area contributed by atoms with Crippen molar-refractivity contribution in [1.82, 2.24) is 10.2 Å². The van der Waals surface area contributed by atoms with E-state index < -0.39 is 11.5 Å². The lowest BCUT2D eigenvalue weighted by Crippen LogP contribution is -2.61. The van der Waals surface area contributed by atoms with Gasteiger partial charge in [0.15, 0.2) is 0 Å². The fraction of sp³-hybridized carbons (Fsp3) is 0.929. The minimum Gasteiger partial charge on any atom is -0.480 e. The first-order valence-corrected chi connectivity index (χ1v) is 7.24. The molecule has 0 aliphatic heterocycles. The summed E-state index contributed by atoms with van der Waals surface area (Å²) in [6.45, 7) is 10.7. The summed E-state index contributed by atoms with van der Waals surface area (Å²) in [5.74, 6) is -0.387. The molecule has 0 heterocycles. The van der Waals surface area contributed by atoms with Gasteiger partial charge in [-0.3, -0.25) is 9.69 Å². The fourth-order valence-electron chi connectivity index (χ4n) is 2.70. The summed E-state index contributed by atoms with van der Waals surface area (Å²) in [6.07, 6.45) is 3.13. The molecule has 4 heteroatoms. The topological polar surface area (TPSA) is 52.6 Å². The molecule has 0 aromatic heterocycles. The molecular weight excluding hydrogens is 228 g/mol. The van der Waals surface area contributed by atoms with Crippen molar-refractivity contribution in [2.75, 3.05) is 19.6 Å². The molecule has 0 bridgehead atoms. The highest BCUT2D eigenvalue weighted by atomic mass is 16.4. The molecule has 0 aromatic carbocycles. The second kappa shape index (κ2) is 6.53. The van der Waals surface area contributed by atoms with E-state index in [0.717, 1.165) is 25.8 Å². The van der Waals surface area contributed by atoms with E-state index in [1.54, 1.807) is 0 Å². The standard InChI is InChI=1S/C14H28N2O2/c1-5-11(4)16(7-3)10-14(13(17)18,15-6-2)12-8-9-12/h11-12,15H,5-10H2,1-4H3,(H,17,18). The molecule has 2 atom stereocenters. The van der Waals surface area contributed by atoms with Crippen molar-refractivity contribution < 1.29 is 9.90 Å². The van der Waals surface area contributed by atoms with Crippen LogP contribution < -0.4 is 5.32 Å². The van der Waals surface area contributed by atoms with Gasteiger partial charge >= 0.3 is 5.97 Å². The highest BCUT2D eigenvalue weighted by molar-refractivity contribution is 5.80. The smallest absolute Gasteiger partial charge is 0.325 e. The average molecular weight is 256 g/mol. The predicted octanol–water partition coefficient (Wildman–Crippen LogP) is 1.95. The quantitative estimate of drug-likeness (QED) is 0.662. The Morgan fingerprint density at radius 1 is 1.44 bits per heavy atom. The molecule has 0 radical (unpaired) electrons. The van der Waals surface area contributed by atoms with Gasteiger partial charge < -0.3 is 10.4 Å². The van der Waals surface area contributed by atoms with Crippen LogP contribution in [0.25, 0.3) is 0 Å². The minimum absolute atomic E-state index is 0.299. The van der Waals surface area contributed by atoms with Crippen LogP contribution in [0.1, 0.15) is 47.0 Å². The molecular formula is C14H28N2O2. The summed E-state index contributed by atoms with van der Waals surface area (Å²) >= 11 is 0. The summed E-state index contributed by atoms with van der Waals surface area (Å²) in [5.41, 5.74) is -0.742. The molecule has 0 spiro atoms. The molecule has 2 unspecified atom stereocenters. The predicted molar refractivity (Wildman–Crippen MR) is 73.8 cm³/mol. The second-order valence-electron chi connectivity index (χ2n) is 5.40. The third kappa shape index (κ3) is 3.23. The number of carboxylic acids is 1. The van der Waals surface area contributed by atoms with E-state index in [-0.39, 0.29) is 0 Å². The molecule has 18 heavy (non-hydrogen) atoms. The van der Waals surface area contributed by atoms with E-state index in [9.17, 15) is 9.90 Å². The lowest BCUT2D eigenvalue weighted by molar-refractivity contribution is -0.147. The van der Waals surface area contributed by atoms with Crippen LogP contribution in [0.15, 0.2) is 0 Å². The van der Waals surface area contributed by atoms with Crippen molar-refractivity contribution in [1.29, 1.82) is 0 Å². The molecule has 106 valence electrons. The number of nitrogens with zero attached hydrogens (tertiary/aromatic N) is 1. The first kappa shape index (κ1) is 15.4. The van der Waals surface area contributed by atoms with E-state index in [1.165, 1.54) is 0 Å². The van der Waals surface area contributed by atoms with Crippen LogP contribution in [0.3, 0.4) is 0 Å². The molecule has 0 saturated heterocycles. The molecule has 1 aliphatic carbocycles. The Labute approximate surface area is 111 Å². The zero-order valence-electron chi connectivity index (χ0n) is 12.2. The van der Waals surface area contributed by atoms with E-state index in [1.807, 2.05) is 6.92 Å². The van der Waals surface area contributed by atoms with Crippen molar-refractivity contribution in [2.45, 2.75) is 58.5 Å². The Hall–Kier alpha value is -0.610. The maximum absolute atomic E-state index is 11.8. The Morgan fingerprint density at radius 2 is 2.06 bits per heavy atom. The fourth-order valence-corrected chi connectivity index (χ4v) is 2.70. The molecule has 1 fully saturated rings. The van der Waals surface area contributed by atoms with Crippen LogP contribution in [0.2, 0.25) is 0 Å². The number of hydrogen-bond acceptors (Lipinski definition) is 3. The SMILES string of the molecule is CCNC(CN(CC)C(C)CC)(C(=O)O)C1CC1. The van der Waals surface area contributed by atoms with Gasteiger partial charge in [-0.1, -0.05) is 20.8 Å². The normalized spacial score (nSPS) is 20.7. The number of nitrogens with one attached hydrogen (secondary N) is 1. The highest BCUT2D eigenvalue weighted by Crippen LogP contribution is 2.40. The van der Waals surface area contributed by atoms with Gasteiger partial charge in [0.25, 0.3) is 0 Å². The maximum Gasteiger partial charge on any atom is 0.325 e. The lowest BCUT2D eigenvalue weighted by atomic mass is 9.91. The Kier molecular flexibility index (Phi) is 5.60. The van der Waals surface area contributed by atoms with Gasteiger partial charge in [-0.05, 0) is 45.2 Å². The molecule has 1 saturated carbocycles. The number of carboxylic acid groups (broad SMARTS) is 1. The van der Waals surface area contributed by atoms with E-state index >= 15 is 0 Å². The summed E-state index contributed by atoms with van der Waals surface area (Å²) in [4.78, 5) is 14.1. The molecule has 4 nitrogen and oxygen atoms in total. The number of rotatable bonds is 9. The van der Waals surface area contributed by atoms with E-state index in [0.29, 0.717) is 25.0 Å². The number of aliphatic carboxylic acids is 1. The Bertz CT molecular complexity index is 279. The summed E-state index contributed by atoms with van der Waals surface area (Å²) < 4.78 is 0. The first-order chi connectivity index (χ1) is 8.51. The van der Waals surface area contributed by atoms with Gasteiger partial charge in [-0.25, -0.2) is 0 Å². The molecule has 1 aliphatic rings. The third-order valence-corrected chi connectivity index (χ3v) is 4.22. The third-order valence-electron chi connectivity index (χ3n) is 4.22. The van der Waals surface area contributed by atoms with Crippen LogP contribution >= 0.6 is 0 Å². The second-order valence-corrected chi connectivity index (χ2v) is 5.40. The summed E-state index contributed by atoms with van der Waals surface area (Å²) in [7, 11) is 0. The van der Waals surface area contributed by atoms with Gasteiger partial charge in [0.2, 0.25) is 0 Å². The Morgan fingerprint density at radius 3 is 2.39 bits per heavy atom. The van der Waals surface area contributed by atoms with Gasteiger partial charge in [-0.15, -0.1) is 0 Å². The van der Waals surface area contributed by atoms with Crippen molar-refractivity contribution in [2.24, 2.45) is 5.92 Å². The molecule has 2 N–H and O–H groups in total. The van der Waals surface area contributed by atoms with Crippen LogP contribution in [0.4, 0.5) is 0 Å². The number of hydrogen-bond donors (Lipinski definition) is 2. The highest BCUT2D eigenvalue weighted by Gasteiger charge is 2.51. The van der Waals surface area contributed by atoms with Crippen LogP contribution in [-0.2, 0) is 4.79 Å². The largest absolute Gasteiger partial charge is 0.480 e. The van der Waals surface area contributed by atoms with Gasteiger partial charge in [0, 0.05) is 12.6 Å². The minimum atomic E-state index is -0.742. The Balaban J connectivity index is 2.85. The van der Waals surface area contributed by atoms with Gasteiger partial charge in [0.05, 0.1) is 0 Å². The molecule has 0 amide bonds. The summed E-state index contributed by atoms with van der Waals surface area (Å²) in [6, 6.07) is 0.436. The van der Waals surface area contributed by atoms with Crippen molar-refractivity contribution in [3.05, 3.63) is 0 Å². The average Bonchev–Trinajstić information content (AvgIpc) is 3.17. The zero-order valence-corrected chi connectivity index (χ0v) is 12.2.